The van der Waals surface area contributed by atoms with Crippen molar-refractivity contribution in [2.45, 2.75) is 49.7 Å². The second-order valence-corrected chi connectivity index (χ2v) is 12.1. The predicted octanol–water partition coefficient (Wildman–Crippen LogP) is 7.25. The first kappa shape index (κ1) is 28.6. The Balaban J connectivity index is 1.53. The average Bonchev–Trinajstić information content (AvgIpc) is 3.55. The van der Waals surface area contributed by atoms with Crippen molar-refractivity contribution in [2.75, 3.05) is 11.5 Å². The van der Waals surface area contributed by atoms with Gasteiger partial charge in [-0.05, 0) is 43.5 Å². The normalized spacial score (nSPS) is 16.4. The first-order chi connectivity index (χ1) is 19.9. The minimum Gasteiger partial charge on any atom is -0.507 e. The first-order valence-electron chi connectivity index (χ1n) is 13.5. The lowest BCUT2D eigenvalue weighted by molar-refractivity contribution is -0.132. The molecule has 0 aliphatic carbocycles. The maximum atomic E-state index is 13.5. The van der Waals surface area contributed by atoms with E-state index in [0.717, 1.165) is 24.0 Å². The van der Waals surface area contributed by atoms with E-state index in [1.54, 1.807) is 12.1 Å². The van der Waals surface area contributed by atoms with Crippen molar-refractivity contribution in [3.63, 3.8) is 0 Å². The van der Waals surface area contributed by atoms with Crippen LogP contribution in [0.2, 0.25) is 0 Å². The highest BCUT2D eigenvalue weighted by molar-refractivity contribution is 8.00. The van der Waals surface area contributed by atoms with Crippen molar-refractivity contribution in [1.82, 2.24) is 10.2 Å². The van der Waals surface area contributed by atoms with Crippen LogP contribution in [0, 0.1) is 13.8 Å². The fourth-order valence-corrected chi connectivity index (χ4v) is 6.33. The van der Waals surface area contributed by atoms with Crippen molar-refractivity contribution in [3.8, 4) is 5.75 Å². The van der Waals surface area contributed by atoms with Gasteiger partial charge in [-0.15, -0.1) is 10.2 Å². The van der Waals surface area contributed by atoms with E-state index in [2.05, 4.69) is 41.4 Å². The highest BCUT2D eigenvalue weighted by atomic mass is 32.2. The number of aromatic nitrogens is 2. The van der Waals surface area contributed by atoms with Crippen LogP contribution in [-0.4, -0.2) is 33.6 Å². The Bertz CT molecular complexity index is 1580. The van der Waals surface area contributed by atoms with Crippen molar-refractivity contribution in [2.24, 2.45) is 0 Å². The van der Waals surface area contributed by atoms with Gasteiger partial charge in [0.1, 0.15) is 11.5 Å². The summed E-state index contributed by atoms with van der Waals surface area (Å²) in [5, 5.41) is 20.3. The van der Waals surface area contributed by atoms with Crippen molar-refractivity contribution < 1.29 is 19.4 Å². The van der Waals surface area contributed by atoms with Crippen LogP contribution in [0.3, 0.4) is 0 Å². The van der Waals surface area contributed by atoms with Crippen LogP contribution in [0.4, 0.5) is 5.13 Å². The summed E-state index contributed by atoms with van der Waals surface area (Å²) < 4.78 is 6.60. The van der Waals surface area contributed by atoms with Crippen LogP contribution >= 0.6 is 23.1 Å². The van der Waals surface area contributed by atoms with E-state index < -0.39 is 17.7 Å². The molecule has 7 nitrogen and oxygen atoms in total. The van der Waals surface area contributed by atoms with Gasteiger partial charge >= 0.3 is 5.91 Å². The van der Waals surface area contributed by atoms with Crippen LogP contribution < -0.4 is 9.64 Å². The molecule has 210 valence electrons. The fraction of sp³-hybridized carbons (Fsp3) is 0.250. The molecule has 9 heteroatoms. The molecule has 1 aromatic heterocycles. The van der Waals surface area contributed by atoms with Gasteiger partial charge in [0.2, 0.25) is 5.13 Å². The molecule has 2 heterocycles. The molecule has 1 saturated heterocycles. The van der Waals surface area contributed by atoms with Gasteiger partial charge in [-0.25, -0.2) is 0 Å². The molecule has 0 bridgehead atoms. The van der Waals surface area contributed by atoms with Crippen LogP contribution in [0.15, 0.2) is 82.7 Å². The van der Waals surface area contributed by atoms with E-state index in [0.29, 0.717) is 38.7 Å². The lowest BCUT2D eigenvalue weighted by Crippen LogP contribution is -2.29. The quantitative estimate of drug-likeness (QED) is 0.0523. The zero-order chi connectivity index (χ0) is 28.9. The summed E-state index contributed by atoms with van der Waals surface area (Å²) in [4.78, 5) is 28.4. The number of ether oxygens (including phenoxy) is 1. The number of carbonyl (C=O) groups excluding carboxylic acids is 2. The number of rotatable bonds is 10. The monoisotopic (exact) mass is 585 g/mol. The summed E-state index contributed by atoms with van der Waals surface area (Å²) in [6, 6.07) is 21.9. The van der Waals surface area contributed by atoms with Gasteiger partial charge in [0.15, 0.2) is 4.34 Å². The molecule has 0 radical (unpaired) electrons. The topological polar surface area (TPSA) is 92.6 Å². The number of aliphatic hydroxyl groups is 1. The van der Waals surface area contributed by atoms with Crippen molar-refractivity contribution in [3.05, 3.63) is 106 Å². The third-order valence-corrected chi connectivity index (χ3v) is 8.92. The summed E-state index contributed by atoms with van der Waals surface area (Å²) >= 11 is 2.77. The molecule has 4 aromatic rings. The number of Topliss-reactive ketones (excluding diaryl/α,β-unsaturated/α-hetero) is 1. The van der Waals surface area contributed by atoms with Crippen LogP contribution in [0.1, 0.15) is 53.6 Å². The lowest BCUT2D eigenvalue weighted by atomic mass is 9.95. The highest BCUT2D eigenvalue weighted by Crippen LogP contribution is 2.44. The van der Waals surface area contributed by atoms with Gasteiger partial charge in [-0.1, -0.05) is 108 Å². The molecule has 5 rings (SSSR count). The Kier molecular flexibility index (Phi) is 8.85. The zero-order valence-electron chi connectivity index (χ0n) is 23.2. The largest absolute Gasteiger partial charge is 0.507 e. The third-order valence-electron chi connectivity index (χ3n) is 6.79. The van der Waals surface area contributed by atoms with Crippen molar-refractivity contribution >= 4 is 45.7 Å². The van der Waals surface area contributed by atoms with E-state index in [1.807, 2.05) is 50.2 Å². The molecule has 3 aromatic carbocycles. The van der Waals surface area contributed by atoms with E-state index in [9.17, 15) is 14.7 Å². The second kappa shape index (κ2) is 12.7. The van der Waals surface area contributed by atoms with E-state index in [4.69, 9.17) is 4.74 Å². The Morgan fingerprint density at radius 3 is 2.41 bits per heavy atom. The predicted molar refractivity (Wildman–Crippen MR) is 163 cm³/mol. The number of thioether (sulfide) groups is 1. The lowest BCUT2D eigenvalue weighted by Gasteiger charge is -2.23. The number of unbranched alkanes of at least 4 members (excludes halogenated alkanes) is 1. The average molecular weight is 586 g/mol. The van der Waals surface area contributed by atoms with Gasteiger partial charge in [-0.2, -0.15) is 0 Å². The number of hydrogen-bond acceptors (Lipinski definition) is 8. The first-order valence-corrected chi connectivity index (χ1v) is 15.3. The number of amides is 1. The number of ketones is 1. The Morgan fingerprint density at radius 1 is 1.00 bits per heavy atom. The SMILES string of the molecule is CCCCOc1cccc(C2C(=C(O)c3ccc(C)cc3)C(=O)C(=O)N2c2nnc(SCc3ccc(C)cc3)s2)c1. The Labute approximate surface area is 247 Å². The van der Waals surface area contributed by atoms with Crippen LogP contribution in [0.5, 0.6) is 5.75 Å². The maximum absolute atomic E-state index is 13.5. The molecule has 1 unspecified atom stereocenters. The molecule has 1 amide bonds. The summed E-state index contributed by atoms with van der Waals surface area (Å²) in [5.41, 5.74) is 4.46. The molecular formula is C32H31N3O4S2. The van der Waals surface area contributed by atoms with Gasteiger partial charge in [0, 0.05) is 11.3 Å². The summed E-state index contributed by atoms with van der Waals surface area (Å²) in [7, 11) is 0. The molecule has 41 heavy (non-hydrogen) atoms. The van der Waals surface area contributed by atoms with Gasteiger partial charge in [0.25, 0.3) is 5.78 Å². The number of carbonyl (C=O) groups is 2. The minimum atomic E-state index is -0.895. The van der Waals surface area contributed by atoms with Crippen LogP contribution in [0.25, 0.3) is 5.76 Å². The maximum Gasteiger partial charge on any atom is 0.301 e. The molecule has 0 spiro atoms. The molecule has 1 aliphatic heterocycles. The standard InChI is InChI=1S/C32H31N3O4S2/c1-4-5-17-39-25-8-6-7-24(18-25)27-26(28(36)23-15-11-21(3)12-16-23)29(37)30(38)35(27)31-33-34-32(41-31)40-19-22-13-9-20(2)10-14-22/h6-16,18,27,36H,4-5,17,19H2,1-3H3. The number of anilines is 1. The third kappa shape index (κ3) is 6.36. The summed E-state index contributed by atoms with van der Waals surface area (Å²) in [6.07, 6.45) is 1.90. The Hall–Kier alpha value is -3.95. The number of nitrogens with zero attached hydrogens (tertiary/aromatic N) is 3. The van der Waals surface area contributed by atoms with Crippen LogP contribution in [-0.2, 0) is 15.3 Å². The van der Waals surface area contributed by atoms with E-state index in [1.165, 1.54) is 33.6 Å². The zero-order valence-corrected chi connectivity index (χ0v) is 24.8. The van der Waals surface area contributed by atoms with Gasteiger partial charge < -0.3 is 9.84 Å². The highest BCUT2D eigenvalue weighted by Gasteiger charge is 2.48. The number of benzene rings is 3. The Morgan fingerprint density at radius 2 is 1.71 bits per heavy atom. The summed E-state index contributed by atoms with van der Waals surface area (Å²) in [6.45, 7) is 6.64. The molecule has 1 N–H and O–H groups in total. The number of hydrogen-bond donors (Lipinski definition) is 1. The minimum absolute atomic E-state index is 0.00798. The molecule has 0 saturated carbocycles. The van der Waals surface area contributed by atoms with E-state index >= 15 is 0 Å². The fourth-order valence-electron chi connectivity index (χ4n) is 4.51. The van der Waals surface area contributed by atoms with Gasteiger partial charge in [0.05, 0.1) is 18.2 Å². The van der Waals surface area contributed by atoms with E-state index in [-0.39, 0.29) is 11.3 Å². The molecule has 1 atom stereocenters. The molecular weight excluding hydrogens is 555 g/mol. The van der Waals surface area contributed by atoms with Gasteiger partial charge in [-0.3, -0.25) is 14.5 Å². The molecule has 1 fully saturated rings. The van der Waals surface area contributed by atoms with Crippen molar-refractivity contribution in [1.29, 1.82) is 0 Å². The second-order valence-electron chi connectivity index (χ2n) is 9.93. The summed E-state index contributed by atoms with van der Waals surface area (Å²) in [5.74, 6) is -0.432. The molecule has 1 aliphatic rings. The smallest absolute Gasteiger partial charge is 0.301 e. The number of aliphatic hydroxyl groups excluding tert-OH is 1. The number of aryl methyl sites for hydroxylation is 2.